The van der Waals surface area contributed by atoms with Crippen molar-refractivity contribution in [2.75, 3.05) is 0 Å². The van der Waals surface area contributed by atoms with Crippen LogP contribution in [0.1, 0.15) is 28.4 Å². The molecule has 16 heavy (non-hydrogen) atoms. The highest BCUT2D eigenvalue weighted by molar-refractivity contribution is 5.91. The average molecular weight is 210 g/mol. The lowest BCUT2D eigenvalue weighted by Gasteiger charge is -1.99. The molecule has 0 N–H and O–H groups in total. The van der Waals surface area contributed by atoms with Gasteiger partial charge in [-0.05, 0) is 42.2 Å². The van der Waals surface area contributed by atoms with Crippen LogP contribution in [0.15, 0.2) is 36.9 Å². The molecule has 0 radical (unpaired) electrons. The molecular weight excluding hydrogens is 196 g/mol. The van der Waals surface area contributed by atoms with Crippen molar-refractivity contribution >= 4 is 11.9 Å². The maximum atomic E-state index is 11.0. The van der Waals surface area contributed by atoms with E-state index in [1.807, 2.05) is 31.2 Å². The molecule has 0 saturated heterocycles. The van der Waals surface area contributed by atoms with Crippen molar-refractivity contribution in [2.45, 2.75) is 13.8 Å². The van der Waals surface area contributed by atoms with Crippen molar-refractivity contribution in [3.8, 4) is 11.1 Å². The zero-order valence-corrected chi connectivity index (χ0v) is 9.58. The third kappa shape index (κ3) is 1.65. The molecule has 0 bridgehead atoms. The van der Waals surface area contributed by atoms with Gasteiger partial charge in [-0.1, -0.05) is 36.4 Å². The smallest absolute Gasteiger partial charge is 0.150 e. The summed E-state index contributed by atoms with van der Waals surface area (Å²) in [7, 11) is 0. The van der Waals surface area contributed by atoms with Crippen LogP contribution in [0, 0.1) is 6.92 Å². The van der Waals surface area contributed by atoms with Crippen molar-refractivity contribution in [1.29, 1.82) is 0 Å². The summed E-state index contributed by atoms with van der Waals surface area (Å²) in [6, 6.07) is 10.0. The quantitative estimate of drug-likeness (QED) is 0.686. The standard InChI is InChI=1S/C15H14O/c1-10(2)12-5-4-11(3)14-7-6-13(9-16)15(14)8-12/h4-9H,1H2,2-3H3. The molecule has 2 aliphatic carbocycles. The van der Waals surface area contributed by atoms with Crippen molar-refractivity contribution in [3.63, 3.8) is 0 Å². The fourth-order valence-corrected chi connectivity index (χ4v) is 1.89. The number of aldehydes is 1. The molecule has 0 amide bonds. The number of rotatable bonds is 2. The van der Waals surface area contributed by atoms with E-state index in [0.717, 1.165) is 34.1 Å². The normalized spacial score (nSPS) is 10.4. The predicted molar refractivity (Wildman–Crippen MR) is 67.9 cm³/mol. The Kier molecular flexibility index (Phi) is 2.61. The summed E-state index contributed by atoms with van der Waals surface area (Å²) in [6.45, 7) is 7.97. The van der Waals surface area contributed by atoms with E-state index in [-0.39, 0.29) is 0 Å². The van der Waals surface area contributed by atoms with E-state index in [4.69, 9.17) is 0 Å². The average Bonchev–Trinajstić information content (AvgIpc) is 2.58. The molecule has 0 aromatic rings. The van der Waals surface area contributed by atoms with Crippen LogP contribution in [-0.4, -0.2) is 6.29 Å². The number of carbonyl (C=O) groups is 1. The first-order chi connectivity index (χ1) is 7.63. The Morgan fingerprint density at radius 1 is 1.19 bits per heavy atom. The molecule has 2 aliphatic rings. The van der Waals surface area contributed by atoms with Crippen LogP contribution in [0.4, 0.5) is 0 Å². The topological polar surface area (TPSA) is 17.1 Å². The molecule has 2 rings (SSSR count). The first kappa shape index (κ1) is 10.6. The van der Waals surface area contributed by atoms with Gasteiger partial charge in [0.15, 0.2) is 6.29 Å². The summed E-state index contributed by atoms with van der Waals surface area (Å²) in [6.07, 6.45) is 0.907. The molecular formula is C15H14O. The highest BCUT2D eigenvalue weighted by Crippen LogP contribution is 2.31. The number of aryl methyl sites for hydroxylation is 1. The predicted octanol–water partition coefficient (Wildman–Crippen LogP) is 3.95. The maximum Gasteiger partial charge on any atom is 0.150 e. The molecule has 0 unspecified atom stereocenters. The molecule has 1 heteroatoms. The van der Waals surface area contributed by atoms with Crippen LogP contribution < -0.4 is 0 Å². The minimum atomic E-state index is 0.747. The monoisotopic (exact) mass is 210 g/mol. The second-order valence-corrected chi connectivity index (χ2v) is 4.13. The van der Waals surface area contributed by atoms with Gasteiger partial charge in [0, 0.05) is 5.56 Å². The Morgan fingerprint density at radius 2 is 1.94 bits per heavy atom. The molecule has 80 valence electrons. The van der Waals surface area contributed by atoms with Gasteiger partial charge in [-0.25, -0.2) is 0 Å². The molecule has 0 atom stereocenters. The Bertz CT molecular complexity index is 538. The minimum Gasteiger partial charge on any atom is -0.298 e. The van der Waals surface area contributed by atoms with E-state index in [2.05, 4.69) is 19.6 Å². The van der Waals surface area contributed by atoms with Crippen molar-refractivity contribution in [3.05, 3.63) is 53.6 Å². The van der Waals surface area contributed by atoms with Crippen LogP contribution in [0.3, 0.4) is 0 Å². The van der Waals surface area contributed by atoms with Crippen LogP contribution in [-0.2, 0) is 0 Å². The minimum absolute atomic E-state index is 0.747. The lowest BCUT2D eigenvalue weighted by Crippen LogP contribution is -1.80. The summed E-state index contributed by atoms with van der Waals surface area (Å²) in [5.74, 6) is 0. The molecule has 0 spiro atoms. The molecule has 1 nitrogen and oxygen atoms in total. The number of fused-ring (bicyclic) bond motifs is 1. The molecule has 0 aromatic heterocycles. The van der Waals surface area contributed by atoms with E-state index in [1.54, 1.807) is 0 Å². The number of hydrogen-bond acceptors (Lipinski definition) is 1. The first-order valence-corrected chi connectivity index (χ1v) is 5.28. The number of carbonyl (C=O) groups excluding carboxylic acids is 1. The van der Waals surface area contributed by atoms with Gasteiger partial charge in [-0.2, -0.15) is 0 Å². The maximum absolute atomic E-state index is 11.0. The van der Waals surface area contributed by atoms with Gasteiger partial charge >= 0.3 is 0 Å². The second-order valence-electron chi connectivity index (χ2n) is 4.13. The van der Waals surface area contributed by atoms with E-state index in [1.165, 1.54) is 5.56 Å². The molecule has 0 saturated carbocycles. The van der Waals surface area contributed by atoms with Crippen LogP contribution in [0.2, 0.25) is 0 Å². The fraction of sp³-hybridized carbons (Fsp3) is 0.133. The van der Waals surface area contributed by atoms with Crippen LogP contribution in [0.5, 0.6) is 0 Å². The Labute approximate surface area is 95.8 Å². The molecule has 0 heterocycles. The SMILES string of the molecule is C=C(C)c1ccc(C)c2ccc(C=O)c-2c1. The van der Waals surface area contributed by atoms with Gasteiger partial charge in [-0.15, -0.1) is 0 Å². The van der Waals surface area contributed by atoms with Crippen LogP contribution in [0.25, 0.3) is 16.7 Å². The lowest BCUT2D eigenvalue weighted by atomic mass is 10.0. The Hall–Kier alpha value is -1.89. The van der Waals surface area contributed by atoms with Gasteiger partial charge in [0.1, 0.15) is 0 Å². The molecule has 0 fully saturated rings. The van der Waals surface area contributed by atoms with Gasteiger partial charge in [0.2, 0.25) is 0 Å². The summed E-state index contributed by atoms with van der Waals surface area (Å²) >= 11 is 0. The van der Waals surface area contributed by atoms with Crippen molar-refractivity contribution in [1.82, 2.24) is 0 Å². The van der Waals surface area contributed by atoms with E-state index in [0.29, 0.717) is 0 Å². The highest BCUT2D eigenvalue weighted by Gasteiger charge is 2.10. The largest absolute Gasteiger partial charge is 0.298 e. The Morgan fingerprint density at radius 3 is 2.56 bits per heavy atom. The second kappa shape index (κ2) is 3.93. The Balaban J connectivity index is 2.78. The highest BCUT2D eigenvalue weighted by atomic mass is 16.1. The fourth-order valence-electron chi connectivity index (χ4n) is 1.89. The van der Waals surface area contributed by atoms with Crippen LogP contribution >= 0.6 is 0 Å². The summed E-state index contributed by atoms with van der Waals surface area (Å²) in [5, 5.41) is 0. The molecule has 0 aliphatic heterocycles. The number of allylic oxidation sites excluding steroid dienone is 1. The van der Waals surface area contributed by atoms with Gasteiger partial charge < -0.3 is 0 Å². The lowest BCUT2D eigenvalue weighted by molar-refractivity contribution is 0.112. The van der Waals surface area contributed by atoms with Crippen molar-refractivity contribution < 1.29 is 4.79 Å². The zero-order valence-electron chi connectivity index (χ0n) is 9.58. The summed E-state index contributed by atoms with van der Waals surface area (Å²) in [5.41, 5.74) is 6.15. The number of hydrogen-bond donors (Lipinski definition) is 0. The van der Waals surface area contributed by atoms with E-state index >= 15 is 0 Å². The summed E-state index contributed by atoms with van der Waals surface area (Å²) in [4.78, 5) is 11.0. The van der Waals surface area contributed by atoms with Gasteiger partial charge in [0.05, 0.1) is 0 Å². The van der Waals surface area contributed by atoms with E-state index in [9.17, 15) is 4.79 Å². The zero-order chi connectivity index (χ0) is 11.7. The summed E-state index contributed by atoms with van der Waals surface area (Å²) < 4.78 is 0. The third-order valence-corrected chi connectivity index (χ3v) is 2.89. The first-order valence-electron chi connectivity index (χ1n) is 5.28. The van der Waals surface area contributed by atoms with Crippen molar-refractivity contribution in [2.24, 2.45) is 0 Å². The van der Waals surface area contributed by atoms with Gasteiger partial charge in [-0.3, -0.25) is 4.79 Å². The molecule has 0 aromatic carbocycles. The van der Waals surface area contributed by atoms with Gasteiger partial charge in [0.25, 0.3) is 0 Å². The third-order valence-electron chi connectivity index (χ3n) is 2.89. The van der Waals surface area contributed by atoms with E-state index < -0.39 is 0 Å².